The number of nitrogens with zero attached hydrogens (tertiary/aromatic N) is 2. The highest BCUT2D eigenvalue weighted by atomic mass is 33.1. The molecule has 1 heterocycles. The molecule has 10 nitrogen and oxygen atoms in total. The number of aliphatic hydroxyl groups is 2. The van der Waals surface area contributed by atoms with Crippen LogP contribution in [0, 0.1) is 17.8 Å². The Balaban J connectivity index is 1.22. The Bertz CT molecular complexity index is 1780. The summed E-state index contributed by atoms with van der Waals surface area (Å²) < 4.78 is 49.4. The summed E-state index contributed by atoms with van der Waals surface area (Å²) in [4.78, 5) is 10.9. The van der Waals surface area contributed by atoms with Gasteiger partial charge < -0.3 is 30.1 Å². The number of phenolic OH excluding ortho intramolecular Hbond substituents is 1. The number of alkyl halides is 3. The summed E-state index contributed by atoms with van der Waals surface area (Å²) in [7, 11) is 3.36. The maximum absolute atomic E-state index is 12.3. The van der Waals surface area contributed by atoms with E-state index in [1.807, 2.05) is 32.1 Å². The van der Waals surface area contributed by atoms with Crippen LogP contribution in [0.5, 0.6) is 5.75 Å². The molecule has 1 aliphatic heterocycles. The topological polar surface area (TPSA) is 145 Å². The molecule has 1 amide bonds. The molecule has 0 saturated heterocycles. The van der Waals surface area contributed by atoms with Gasteiger partial charge in [-0.25, -0.2) is 0 Å². The van der Waals surface area contributed by atoms with Crippen molar-refractivity contribution in [2.24, 2.45) is 16.1 Å². The number of phenols is 1. The van der Waals surface area contributed by atoms with Crippen molar-refractivity contribution in [1.82, 2.24) is 10.6 Å². The molecule has 4 rings (SSSR count). The lowest BCUT2D eigenvalue weighted by molar-refractivity contribution is -0.173. The third-order valence-electron chi connectivity index (χ3n) is 7.89. The highest BCUT2D eigenvalue weighted by Gasteiger charge is 2.46. The van der Waals surface area contributed by atoms with Crippen LogP contribution in [0.15, 0.2) is 88.3 Å². The maximum atomic E-state index is 12.3. The van der Waals surface area contributed by atoms with Crippen LogP contribution in [0.25, 0.3) is 0 Å². The van der Waals surface area contributed by atoms with Gasteiger partial charge in [-0.15, -0.1) is 5.11 Å². The van der Waals surface area contributed by atoms with Crippen molar-refractivity contribution in [1.29, 1.82) is 0 Å². The second kappa shape index (κ2) is 18.0. The number of allylic oxidation sites excluding steroid dienone is 3. The molecule has 2 aromatic rings. The number of hydrogen-bond acceptors (Lipinski definition) is 11. The van der Waals surface area contributed by atoms with Crippen molar-refractivity contribution in [2.45, 2.75) is 75.8 Å². The van der Waals surface area contributed by atoms with E-state index in [1.165, 1.54) is 12.1 Å². The summed E-state index contributed by atoms with van der Waals surface area (Å²) in [5, 5.41) is 43.8. The molecule has 0 aromatic heterocycles. The van der Waals surface area contributed by atoms with Crippen molar-refractivity contribution < 1.29 is 42.8 Å². The molecule has 4 atom stereocenters. The maximum Gasteiger partial charge on any atom is 0.471 e. The monoisotopic (exact) mass is 774 g/mol. The van der Waals surface area contributed by atoms with Gasteiger partial charge >= 0.3 is 12.1 Å². The fourth-order valence-electron chi connectivity index (χ4n) is 5.39. The predicted octanol–water partition coefficient (Wildman–Crippen LogP) is 7.69. The summed E-state index contributed by atoms with van der Waals surface area (Å²) in [6, 6.07) is 11.0. The molecular weight excluding hydrogens is 730 g/mol. The number of benzene rings is 2. The zero-order valence-electron chi connectivity index (χ0n) is 30.2. The zero-order chi connectivity index (χ0) is 38.9. The van der Waals surface area contributed by atoms with Crippen LogP contribution in [0.1, 0.15) is 58.4 Å². The van der Waals surface area contributed by atoms with Crippen LogP contribution in [0.2, 0.25) is 0 Å². The normalized spacial score (nSPS) is 22.0. The molecule has 2 aliphatic rings. The Morgan fingerprint density at radius 2 is 1.87 bits per heavy atom. The van der Waals surface area contributed by atoms with E-state index in [0.717, 1.165) is 5.57 Å². The lowest BCUT2D eigenvalue weighted by Crippen LogP contribution is -2.38. The molecular formula is C38H45F3N4O6S2. The van der Waals surface area contributed by atoms with Gasteiger partial charge in [0, 0.05) is 17.7 Å². The molecule has 5 N–H and O–H groups in total. The third kappa shape index (κ3) is 12.9. The first-order valence-corrected chi connectivity index (χ1v) is 19.2. The van der Waals surface area contributed by atoms with Gasteiger partial charge in [0.25, 0.3) is 0 Å². The molecule has 0 spiro atoms. The van der Waals surface area contributed by atoms with Crippen LogP contribution in [-0.4, -0.2) is 69.0 Å². The van der Waals surface area contributed by atoms with E-state index in [0.29, 0.717) is 34.9 Å². The number of hydrogen-bond donors (Lipinski definition) is 5. The van der Waals surface area contributed by atoms with Gasteiger partial charge in [-0.2, -0.15) is 18.3 Å². The number of carbonyl (C=O) groups is 1. The summed E-state index contributed by atoms with van der Waals surface area (Å²) >= 11 is 0. The Morgan fingerprint density at radius 1 is 1.13 bits per heavy atom. The Morgan fingerprint density at radius 3 is 2.53 bits per heavy atom. The van der Waals surface area contributed by atoms with E-state index >= 15 is 0 Å². The molecule has 0 saturated carbocycles. The highest BCUT2D eigenvalue weighted by Crippen LogP contribution is 2.43. The first-order valence-electron chi connectivity index (χ1n) is 16.8. The first kappa shape index (κ1) is 42.0. The van der Waals surface area contributed by atoms with Gasteiger partial charge in [-0.1, -0.05) is 90.6 Å². The molecule has 0 radical (unpaired) electrons. The number of aromatic hydroxyl groups is 1. The summed E-state index contributed by atoms with van der Waals surface area (Å²) in [6.45, 7) is 10.0. The van der Waals surface area contributed by atoms with Crippen molar-refractivity contribution in [3.8, 4) is 17.6 Å². The molecule has 15 heteroatoms. The first-order chi connectivity index (χ1) is 24.9. The van der Waals surface area contributed by atoms with E-state index in [-0.39, 0.29) is 48.2 Å². The largest absolute Gasteiger partial charge is 0.506 e. The Labute approximate surface area is 315 Å². The van der Waals surface area contributed by atoms with Crippen molar-refractivity contribution in [3.63, 3.8) is 0 Å². The number of azo groups is 1. The molecule has 0 fully saturated rings. The fraction of sp³-hybridized carbons (Fsp3) is 0.447. The standard InChI is InChI=1S/C38H45F3N4O6S2/c1-35(2,3)53-52-24-50-32-22-36(4,51-37(32,5)23-46)21-27-9-8-25(19-27)7-6-17-42-33(48)28-11-13-29(14-12-28)44-45-30-15-10-26(20-31(30)47)16-18-43-34(49)38(39,40)41/h8-15,19-20,22,25,33,42,46-48H,16-18,21,23-24H2,1-5H3,(H,43,49)/t25-,33?,36?,37?/m0/s1. The van der Waals surface area contributed by atoms with Gasteiger partial charge in [0.05, 0.1) is 30.4 Å². The molecule has 2 aromatic carbocycles. The summed E-state index contributed by atoms with van der Waals surface area (Å²) in [5.74, 6) is 5.01. The minimum Gasteiger partial charge on any atom is -0.506 e. The lowest BCUT2D eigenvalue weighted by atomic mass is 9.96. The minimum absolute atomic E-state index is 0.0836. The number of ether oxygens (including phenoxy) is 2. The fourth-order valence-corrected chi connectivity index (χ4v) is 7.31. The lowest BCUT2D eigenvalue weighted by Gasteiger charge is -2.30. The van der Waals surface area contributed by atoms with Gasteiger partial charge in [-0.05, 0) is 67.3 Å². The third-order valence-corrected chi connectivity index (χ3v) is 10.9. The van der Waals surface area contributed by atoms with Gasteiger partial charge in [0.1, 0.15) is 35.0 Å². The van der Waals surface area contributed by atoms with Crippen molar-refractivity contribution in [2.75, 3.05) is 25.6 Å². The zero-order valence-corrected chi connectivity index (χ0v) is 31.8. The Hall–Kier alpha value is -3.78. The van der Waals surface area contributed by atoms with Crippen LogP contribution in [0.4, 0.5) is 24.5 Å². The van der Waals surface area contributed by atoms with E-state index in [9.17, 15) is 33.3 Å². The quantitative estimate of drug-likeness (QED) is 0.0405. The van der Waals surface area contributed by atoms with Crippen molar-refractivity contribution in [3.05, 3.63) is 89.2 Å². The molecule has 3 unspecified atom stereocenters. The van der Waals surface area contributed by atoms with Crippen LogP contribution in [-0.2, 0) is 20.7 Å². The smallest absolute Gasteiger partial charge is 0.471 e. The van der Waals surface area contributed by atoms with Gasteiger partial charge in [0.15, 0.2) is 0 Å². The molecule has 1 aliphatic carbocycles. The number of carbonyl (C=O) groups excluding carboxylic acids is 1. The van der Waals surface area contributed by atoms with E-state index in [2.05, 4.69) is 54.2 Å². The average Bonchev–Trinajstić information content (AvgIpc) is 3.63. The number of rotatable bonds is 15. The molecule has 0 bridgehead atoms. The number of halogens is 3. The highest BCUT2D eigenvalue weighted by molar-refractivity contribution is 8.77. The number of nitrogens with one attached hydrogen (secondary N) is 2. The van der Waals surface area contributed by atoms with E-state index in [4.69, 9.17) is 9.47 Å². The second-order valence-electron chi connectivity index (χ2n) is 13.9. The average molecular weight is 775 g/mol. The van der Waals surface area contributed by atoms with Gasteiger partial charge in [0.2, 0.25) is 0 Å². The second-order valence-corrected chi connectivity index (χ2v) is 17.0. The van der Waals surface area contributed by atoms with E-state index < -0.39 is 29.5 Å². The molecule has 286 valence electrons. The SMILES string of the molecule is CC1(CC2=C[C@@H](C#CCNC(O)c3ccc(N=Nc4ccc(CCNC(=O)C(F)(F)F)cc4O)cc3)C=C2)C=C(OCSSC(C)(C)C)C(C)(CO)O1. The Kier molecular flexibility index (Phi) is 14.3. The summed E-state index contributed by atoms with van der Waals surface area (Å²) in [6.07, 6.45) is 2.81. The minimum atomic E-state index is -4.95. The van der Waals surface area contributed by atoms with Crippen molar-refractivity contribution >= 4 is 38.9 Å². The molecule has 53 heavy (non-hydrogen) atoms. The van der Waals surface area contributed by atoms with Crippen LogP contribution < -0.4 is 10.6 Å². The number of aliphatic hydroxyl groups excluding tert-OH is 2. The van der Waals surface area contributed by atoms with E-state index in [1.54, 1.807) is 57.2 Å². The van der Waals surface area contributed by atoms with Gasteiger partial charge in [-0.3, -0.25) is 10.1 Å². The number of amides is 1. The van der Waals surface area contributed by atoms with Crippen LogP contribution in [0.3, 0.4) is 0 Å². The van der Waals surface area contributed by atoms with Crippen LogP contribution >= 0.6 is 21.6 Å². The predicted molar refractivity (Wildman–Crippen MR) is 202 cm³/mol. The summed E-state index contributed by atoms with van der Waals surface area (Å²) in [5.41, 5.74) is 1.20.